The fourth-order valence-electron chi connectivity index (χ4n) is 2.69. The van der Waals surface area contributed by atoms with E-state index in [2.05, 4.69) is 10.6 Å². The van der Waals surface area contributed by atoms with E-state index in [-0.39, 0.29) is 24.3 Å². The van der Waals surface area contributed by atoms with Gasteiger partial charge in [-0.2, -0.15) is 0 Å². The van der Waals surface area contributed by atoms with Gasteiger partial charge in [-0.05, 0) is 31.4 Å². The lowest BCUT2D eigenvalue weighted by molar-refractivity contribution is -0.141. The standard InChI is InChI=1S/C16H19ClN2O4/c17-13-4-2-1-3-12(13)15(21)19-8-7-18-14(20)10-5-6-11(9-10)16(22)23/h1-4,10-11H,5-9H2,(H,18,20)(H,19,21)(H,22,23)/t10-,11+/m0/s1. The van der Waals surface area contributed by atoms with Gasteiger partial charge in [0.25, 0.3) is 5.91 Å². The molecule has 0 saturated heterocycles. The molecule has 0 radical (unpaired) electrons. The molecule has 3 N–H and O–H groups in total. The van der Waals surface area contributed by atoms with Crippen molar-refractivity contribution in [3.8, 4) is 0 Å². The van der Waals surface area contributed by atoms with Gasteiger partial charge >= 0.3 is 5.97 Å². The Labute approximate surface area is 139 Å². The molecule has 0 heterocycles. The molecule has 0 spiro atoms. The van der Waals surface area contributed by atoms with Gasteiger partial charge in [0.15, 0.2) is 0 Å². The number of halogens is 1. The van der Waals surface area contributed by atoms with Gasteiger partial charge < -0.3 is 15.7 Å². The normalized spacial score (nSPS) is 20.0. The molecule has 0 aromatic heterocycles. The van der Waals surface area contributed by atoms with E-state index >= 15 is 0 Å². The molecule has 1 aliphatic carbocycles. The minimum absolute atomic E-state index is 0.152. The van der Waals surface area contributed by atoms with Crippen LogP contribution in [0.4, 0.5) is 0 Å². The molecule has 124 valence electrons. The fraction of sp³-hybridized carbons (Fsp3) is 0.438. The topological polar surface area (TPSA) is 95.5 Å². The number of carboxylic acids is 1. The summed E-state index contributed by atoms with van der Waals surface area (Å²) in [4.78, 5) is 34.7. The predicted octanol–water partition coefficient (Wildman–Crippen LogP) is 1.69. The number of carbonyl (C=O) groups excluding carboxylic acids is 2. The Hall–Kier alpha value is -2.08. The van der Waals surface area contributed by atoms with Crippen LogP contribution < -0.4 is 10.6 Å². The van der Waals surface area contributed by atoms with E-state index in [9.17, 15) is 14.4 Å². The van der Waals surface area contributed by atoms with E-state index in [1.807, 2.05) is 0 Å². The number of carboxylic acid groups (broad SMARTS) is 1. The van der Waals surface area contributed by atoms with E-state index in [1.54, 1.807) is 24.3 Å². The largest absolute Gasteiger partial charge is 0.481 e. The van der Waals surface area contributed by atoms with Crippen LogP contribution in [0.5, 0.6) is 0 Å². The van der Waals surface area contributed by atoms with Crippen molar-refractivity contribution in [1.82, 2.24) is 10.6 Å². The first kappa shape index (κ1) is 17.3. The van der Waals surface area contributed by atoms with Crippen molar-refractivity contribution in [2.45, 2.75) is 19.3 Å². The molecule has 1 aromatic carbocycles. The number of hydrogen-bond acceptors (Lipinski definition) is 3. The highest BCUT2D eigenvalue weighted by molar-refractivity contribution is 6.33. The Bertz CT molecular complexity index is 605. The Morgan fingerprint density at radius 1 is 1.09 bits per heavy atom. The third kappa shape index (κ3) is 4.69. The van der Waals surface area contributed by atoms with E-state index in [4.69, 9.17) is 16.7 Å². The third-order valence-electron chi connectivity index (χ3n) is 3.98. The van der Waals surface area contributed by atoms with Gasteiger partial charge in [-0.1, -0.05) is 23.7 Å². The summed E-state index contributed by atoms with van der Waals surface area (Å²) >= 11 is 5.93. The highest BCUT2D eigenvalue weighted by Gasteiger charge is 2.33. The SMILES string of the molecule is O=C(NCCNC(=O)[C@H]1CC[C@@H](C(=O)O)C1)c1ccccc1Cl. The first-order valence-electron chi connectivity index (χ1n) is 7.52. The number of carbonyl (C=O) groups is 3. The summed E-state index contributed by atoms with van der Waals surface area (Å²) in [5.41, 5.74) is 0.389. The average Bonchev–Trinajstić information content (AvgIpc) is 3.02. The Morgan fingerprint density at radius 3 is 2.39 bits per heavy atom. The van der Waals surface area contributed by atoms with Crippen molar-refractivity contribution in [2.24, 2.45) is 11.8 Å². The average molecular weight is 339 g/mol. The second-order valence-electron chi connectivity index (χ2n) is 5.57. The van der Waals surface area contributed by atoms with Gasteiger partial charge in [0.2, 0.25) is 5.91 Å². The third-order valence-corrected chi connectivity index (χ3v) is 4.31. The summed E-state index contributed by atoms with van der Waals surface area (Å²) in [6.45, 7) is 0.578. The van der Waals surface area contributed by atoms with Gasteiger partial charge in [0, 0.05) is 19.0 Å². The molecule has 0 unspecified atom stereocenters. The van der Waals surface area contributed by atoms with Crippen LogP contribution in [0.2, 0.25) is 5.02 Å². The zero-order valence-electron chi connectivity index (χ0n) is 12.5. The number of nitrogens with one attached hydrogen (secondary N) is 2. The lowest BCUT2D eigenvalue weighted by Crippen LogP contribution is -2.37. The summed E-state index contributed by atoms with van der Waals surface area (Å²) < 4.78 is 0. The van der Waals surface area contributed by atoms with Crippen LogP contribution in [-0.4, -0.2) is 36.0 Å². The zero-order valence-corrected chi connectivity index (χ0v) is 13.3. The lowest BCUT2D eigenvalue weighted by atomic mass is 10.0. The Balaban J connectivity index is 1.69. The van der Waals surface area contributed by atoms with Gasteiger partial charge in [-0.3, -0.25) is 14.4 Å². The first-order valence-corrected chi connectivity index (χ1v) is 7.90. The molecular weight excluding hydrogens is 320 g/mol. The van der Waals surface area contributed by atoms with Gasteiger partial charge in [-0.15, -0.1) is 0 Å². The number of benzene rings is 1. The van der Waals surface area contributed by atoms with Crippen molar-refractivity contribution >= 4 is 29.4 Å². The molecule has 1 fully saturated rings. The number of hydrogen-bond donors (Lipinski definition) is 3. The van der Waals surface area contributed by atoms with Crippen molar-refractivity contribution in [3.05, 3.63) is 34.9 Å². The van der Waals surface area contributed by atoms with Gasteiger partial charge in [0.1, 0.15) is 0 Å². The Morgan fingerprint density at radius 2 is 1.74 bits per heavy atom. The van der Waals surface area contributed by atoms with Crippen LogP contribution in [0.1, 0.15) is 29.6 Å². The van der Waals surface area contributed by atoms with Crippen LogP contribution >= 0.6 is 11.6 Å². The first-order chi connectivity index (χ1) is 11.0. The summed E-state index contributed by atoms with van der Waals surface area (Å²) in [6, 6.07) is 6.73. The Kier molecular flexibility index (Phi) is 5.98. The van der Waals surface area contributed by atoms with E-state index in [0.29, 0.717) is 36.4 Å². The van der Waals surface area contributed by atoms with E-state index in [0.717, 1.165) is 0 Å². The maximum atomic E-state index is 11.9. The molecule has 1 saturated carbocycles. The van der Waals surface area contributed by atoms with Crippen LogP contribution in [0.25, 0.3) is 0 Å². The van der Waals surface area contributed by atoms with Crippen LogP contribution in [0.3, 0.4) is 0 Å². The second-order valence-corrected chi connectivity index (χ2v) is 5.98. The van der Waals surface area contributed by atoms with Crippen LogP contribution in [-0.2, 0) is 9.59 Å². The van der Waals surface area contributed by atoms with E-state index < -0.39 is 11.9 Å². The van der Waals surface area contributed by atoms with Crippen molar-refractivity contribution in [3.63, 3.8) is 0 Å². The minimum atomic E-state index is -0.840. The number of rotatable bonds is 6. The molecule has 1 aliphatic rings. The molecule has 2 atom stereocenters. The molecule has 7 heteroatoms. The molecule has 0 bridgehead atoms. The molecule has 2 amide bonds. The van der Waals surface area contributed by atoms with Crippen molar-refractivity contribution in [1.29, 1.82) is 0 Å². The summed E-state index contributed by atoms with van der Waals surface area (Å²) in [6.07, 6.45) is 1.51. The van der Waals surface area contributed by atoms with Crippen molar-refractivity contribution in [2.75, 3.05) is 13.1 Å². The fourth-order valence-corrected chi connectivity index (χ4v) is 2.91. The maximum Gasteiger partial charge on any atom is 0.306 e. The summed E-state index contributed by atoms with van der Waals surface area (Å²) in [5.74, 6) is -1.97. The van der Waals surface area contributed by atoms with Gasteiger partial charge in [0.05, 0.1) is 16.5 Å². The number of amides is 2. The van der Waals surface area contributed by atoms with Crippen molar-refractivity contribution < 1.29 is 19.5 Å². The smallest absolute Gasteiger partial charge is 0.306 e. The molecule has 1 aromatic rings. The monoisotopic (exact) mass is 338 g/mol. The summed E-state index contributed by atoms with van der Waals surface area (Å²) in [7, 11) is 0. The van der Waals surface area contributed by atoms with Crippen LogP contribution in [0.15, 0.2) is 24.3 Å². The minimum Gasteiger partial charge on any atom is -0.481 e. The molecule has 2 rings (SSSR count). The zero-order chi connectivity index (χ0) is 16.8. The van der Waals surface area contributed by atoms with E-state index in [1.165, 1.54) is 0 Å². The van der Waals surface area contributed by atoms with Gasteiger partial charge in [-0.25, -0.2) is 0 Å². The quantitative estimate of drug-likeness (QED) is 0.688. The molecular formula is C16H19ClN2O4. The number of aliphatic carboxylic acids is 1. The molecule has 23 heavy (non-hydrogen) atoms. The highest BCUT2D eigenvalue weighted by Crippen LogP contribution is 2.30. The predicted molar refractivity (Wildman–Crippen MR) is 85.3 cm³/mol. The molecule has 6 nitrogen and oxygen atoms in total. The maximum absolute atomic E-state index is 11.9. The lowest BCUT2D eigenvalue weighted by Gasteiger charge is -2.11. The summed E-state index contributed by atoms with van der Waals surface area (Å²) in [5, 5.41) is 14.7. The van der Waals surface area contributed by atoms with Crippen LogP contribution in [0, 0.1) is 11.8 Å². The second kappa shape index (κ2) is 7.97. The highest BCUT2D eigenvalue weighted by atomic mass is 35.5. The molecule has 0 aliphatic heterocycles.